The number of carbonyl (C=O) groups excluding carboxylic acids is 1. The van der Waals surface area contributed by atoms with Crippen molar-refractivity contribution in [3.63, 3.8) is 0 Å². The average Bonchev–Trinajstić information content (AvgIpc) is 2.56. The number of carbonyl (C=O) groups is 1. The Morgan fingerprint density at radius 3 is 2.95 bits per heavy atom. The number of aldehydes is 1. The zero-order chi connectivity index (χ0) is 14.5. The molecule has 0 atom stereocenters. The fourth-order valence-corrected chi connectivity index (χ4v) is 2.11. The molecule has 21 heavy (non-hydrogen) atoms. The zero-order valence-corrected chi connectivity index (χ0v) is 11.4. The third-order valence-electron chi connectivity index (χ3n) is 3.14. The van der Waals surface area contributed by atoms with Gasteiger partial charge in [0.15, 0.2) is 0 Å². The minimum atomic E-state index is 0.633. The molecule has 0 unspecified atom stereocenters. The van der Waals surface area contributed by atoms with Crippen LogP contribution in [-0.4, -0.2) is 16.3 Å². The van der Waals surface area contributed by atoms with Crippen LogP contribution in [0.3, 0.4) is 0 Å². The fourth-order valence-electron chi connectivity index (χ4n) is 2.11. The van der Waals surface area contributed by atoms with Gasteiger partial charge in [-0.2, -0.15) is 0 Å². The maximum absolute atomic E-state index is 10.9. The largest absolute Gasteiger partial charge is 0.340 e. The van der Waals surface area contributed by atoms with Gasteiger partial charge in [0.25, 0.3) is 0 Å². The number of hydrogen-bond donors (Lipinski definition) is 1. The number of benzene rings is 1. The van der Waals surface area contributed by atoms with Gasteiger partial charge in [-0.15, -0.1) is 0 Å². The molecular weight excluding hydrogens is 262 g/mol. The third kappa shape index (κ3) is 3.23. The minimum Gasteiger partial charge on any atom is -0.340 e. The van der Waals surface area contributed by atoms with Gasteiger partial charge >= 0.3 is 0 Å². The van der Waals surface area contributed by atoms with Crippen LogP contribution in [0.5, 0.6) is 0 Å². The normalized spacial score (nSPS) is 13.6. The van der Waals surface area contributed by atoms with Gasteiger partial charge in [0.05, 0.1) is 5.69 Å². The number of hydrogen-bond acceptors (Lipinski definition) is 4. The molecule has 1 aliphatic carbocycles. The van der Waals surface area contributed by atoms with Crippen LogP contribution in [-0.2, 0) is 0 Å². The summed E-state index contributed by atoms with van der Waals surface area (Å²) in [5, 5.41) is 3.25. The van der Waals surface area contributed by atoms with Crippen molar-refractivity contribution in [1.82, 2.24) is 9.97 Å². The molecule has 3 rings (SSSR count). The van der Waals surface area contributed by atoms with Crippen molar-refractivity contribution in [1.29, 1.82) is 0 Å². The van der Waals surface area contributed by atoms with Crippen LogP contribution >= 0.6 is 0 Å². The van der Waals surface area contributed by atoms with E-state index in [1.807, 2.05) is 36.4 Å². The van der Waals surface area contributed by atoms with Crippen LogP contribution in [0.1, 0.15) is 16.8 Å². The van der Waals surface area contributed by atoms with Crippen molar-refractivity contribution in [2.24, 2.45) is 0 Å². The molecule has 1 aromatic carbocycles. The summed E-state index contributed by atoms with van der Waals surface area (Å²) in [6.07, 6.45) is 11.5. The summed E-state index contributed by atoms with van der Waals surface area (Å²) in [5.41, 5.74) is 3.33. The molecule has 4 heteroatoms. The molecular formula is C17H14N3O. The summed E-state index contributed by atoms with van der Waals surface area (Å²) in [7, 11) is 0. The molecule has 4 nitrogen and oxygen atoms in total. The van der Waals surface area contributed by atoms with E-state index in [1.165, 1.54) is 6.33 Å². The van der Waals surface area contributed by atoms with Crippen molar-refractivity contribution in [3.05, 3.63) is 72.6 Å². The molecule has 0 bridgehead atoms. The van der Waals surface area contributed by atoms with Crippen molar-refractivity contribution >= 4 is 12.1 Å². The van der Waals surface area contributed by atoms with Gasteiger partial charge in [0.2, 0.25) is 0 Å². The Hall–Kier alpha value is -2.75. The fraction of sp³-hybridized carbons (Fsp3) is 0.0588. The van der Waals surface area contributed by atoms with Crippen LogP contribution in [0.2, 0.25) is 0 Å². The van der Waals surface area contributed by atoms with Gasteiger partial charge in [-0.3, -0.25) is 4.79 Å². The predicted molar refractivity (Wildman–Crippen MR) is 82.6 cm³/mol. The lowest BCUT2D eigenvalue weighted by atomic mass is 10.1. The number of nitrogens with zero attached hydrogens (tertiary/aromatic N) is 2. The summed E-state index contributed by atoms with van der Waals surface area (Å²) >= 11 is 0. The second kappa shape index (κ2) is 6.13. The van der Waals surface area contributed by atoms with Crippen LogP contribution < -0.4 is 5.32 Å². The first kappa shape index (κ1) is 13.2. The van der Waals surface area contributed by atoms with E-state index >= 15 is 0 Å². The van der Waals surface area contributed by atoms with Gasteiger partial charge in [0, 0.05) is 22.9 Å². The standard InChI is InChI=1S/C17H14N3O/c21-11-13-5-4-6-14(9-13)16-10-17(19-12-18-16)20-15-7-2-1-3-8-15/h1-2,4-12H,3H2,(H,18,19,20). The lowest BCUT2D eigenvalue weighted by Crippen LogP contribution is -2.02. The van der Waals surface area contributed by atoms with Gasteiger partial charge < -0.3 is 5.32 Å². The van der Waals surface area contributed by atoms with Gasteiger partial charge in [-0.25, -0.2) is 9.97 Å². The summed E-state index contributed by atoms with van der Waals surface area (Å²) in [6.45, 7) is 0. The van der Waals surface area contributed by atoms with Crippen molar-refractivity contribution in [2.75, 3.05) is 5.32 Å². The average molecular weight is 276 g/mol. The van der Waals surface area contributed by atoms with Crippen molar-refractivity contribution in [3.8, 4) is 11.3 Å². The number of allylic oxidation sites excluding steroid dienone is 3. The highest BCUT2D eigenvalue weighted by Crippen LogP contribution is 2.21. The topological polar surface area (TPSA) is 54.9 Å². The predicted octanol–water partition coefficient (Wildman–Crippen LogP) is 3.42. The van der Waals surface area contributed by atoms with Crippen molar-refractivity contribution < 1.29 is 4.79 Å². The van der Waals surface area contributed by atoms with Crippen LogP contribution in [0.4, 0.5) is 5.82 Å². The molecule has 1 aromatic heterocycles. The van der Waals surface area contributed by atoms with E-state index in [0.717, 1.165) is 35.5 Å². The Kier molecular flexibility index (Phi) is 3.87. The lowest BCUT2D eigenvalue weighted by molar-refractivity contribution is 0.112. The summed E-state index contributed by atoms with van der Waals surface area (Å²) < 4.78 is 0. The van der Waals surface area contributed by atoms with E-state index in [2.05, 4.69) is 27.8 Å². The highest BCUT2D eigenvalue weighted by molar-refractivity contribution is 5.78. The molecule has 1 aliphatic rings. The molecule has 0 fully saturated rings. The Balaban J connectivity index is 1.87. The molecule has 0 saturated carbocycles. The van der Waals surface area contributed by atoms with E-state index < -0.39 is 0 Å². The number of aromatic nitrogens is 2. The van der Waals surface area contributed by atoms with E-state index in [1.54, 1.807) is 6.07 Å². The molecule has 1 heterocycles. The van der Waals surface area contributed by atoms with Crippen molar-refractivity contribution in [2.45, 2.75) is 6.42 Å². The molecule has 2 aromatic rings. The quantitative estimate of drug-likeness (QED) is 0.869. The SMILES string of the molecule is O=Cc1cccc(-c2cc(NC3=CC[CH]C=C3)ncn2)c1. The van der Waals surface area contributed by atoms with E-state index in [-0.39, 0.29) is 0 Å². The highest BCUT2D eigenvalue weighted by Gasteiger charge is 2.04. The molecule has 0 saturated heterocycles. The maximum Gasteiger partial charge on any atom is 0.150 e. The monoisotopic (exact) mass is 276 g/mol. The second-order valence-electron chi connectivity index (χ2n) is 4.65. The Morgan fingerprint density at radius 1 is 1.19 bits per heavy atom. The van der Waals surface area contributed by atoms with Gasteiger partial charge in [-0.1, -0.05) is 30.4 Å². The maximum atomic E-state index is 10.9. The van der Waals surface area contributed by atoms with Gasteiger partial charge in [-0.05, 0) is 25.0 Å². The second-order valence-corrected chi connectivity index (χ2v) is 4.65. The number of nitrogens with one attached hydrogen (secondary N) is 1. The third-order valence-corrected chi connectivity index (χ3v) is 3.14. The Labute approximate surface area is 123 Å². The van der Waals surface area contributed by atoms with Crippen LogP contribution in [0.15, 0.2) is 60.6 Å². The molecule has 103 valence electrons. The first-order valence-electron chi connectivity index (χ1n) is 6.70. The Morgan fingerprint density at radius 2 is 2.14 bits per heavy atom. The van der Waals surface area contributed by atoms with E-state index in [4.69, 9.17) is 0 Å². The molecule has 1 N–H and O–H groups in total. The zero-order valence-electron chi connectivity index (χ0n) is 11.4. The van der Waals surface area contributed by atoms with E-state index in [0.29, 0.717) is 5.56 Å². The summed E-state index contributed by atoms with van der Waals surface area (Å²) in [6, 6.07) is 9.22. The van der Waals surface area contributed by atoms with Crippen LogP contribution in [0, 0.1) is 6.42 Å². The summed E-state index contributed by atoms with van der Waals surface area (Å²) in [4.78, 5) is 19.3. The minimum absolute atomic E-state index is 0.633. The smallest absolute Gasteiger partial charge is 0.150 e. The number of anilines is 1. The molecule has 0 spiro atoms. The van der Waals surface area contributed by atoms with Crippen LogP contribution in [0.25, 0.3) is 11.3 Å². The number of rotatable bonds is 4. The molecule has 0 aliphatic heterocycles. The molecule has 0 amide bonds. The first-order valence-corrected chi connectivity index (χ1v) is 6.70. The first-order chi connectivity index (χ1) is 10.3. The Bertz CT molecular complexity index is 719. The molecule has 1 radical (unpaired) electrons. The lowest BCUT2D eigenvalue weighted by Gasteiger charge is -2.10. The van der Waals surface area contributed by atoms with E-state index in [9.17, 15) is 4.79 Å². The highest BCUT2D eigenvalue weighted by atomic mass is 16.1. The summed E-state index contributed by atoms with van der Waals surface area (Å²) in [5.74, 6) is 0.731. The van der Waals surface area contributed by atoms with Gasteiger partial charge in [0.1, 0.15) is 18.4 Å².